The molecule has 0 amide bonds. The Morgan fingerprint density at radius 1 is 0.833 bits per heavy atom. The number of fused-ring (bicyclic) bond motifs is 1. The molecule has 1 heteroatoms. The average molecular weight is 241 g/mol. The van der Waals surface area contributed by atoms with Crippen molar-refractivity contribution in [1.82, 2.24) is 4.90 Å². The number of benzene rings is 2. The highest BCUT2D eigenvalue weighted by atomic mass is 15.0. The van der Waals surface area contributed by atoms with E-state index in [2.05, 4.69) is 61.5 Å². The van der Waals surface area contributed by atoms with E-state index in [4.69, 9.17) is 0 Å². The van der Waals surface area contributed by atoms with Gasteiger partial charge in [-0.1, -0.05) is 48.9 Å². The van der Waals surface area contributed by atoms with E-state index in [9.17, 15) is 0 Å². The molecule has 96 valence electrons. The summed E-state index contributed by atoms with van der Waals surface area (Å²) in [7, 11) is 4.28. The van der Waals surface area contributed by atoms with Gasteiger partial charge in [0.2, 0.25) is 0 Å². The fraction of sp³-hybridized carbons (Fsp3) is 0.412. The second kappa shape index (κ2) is 6.55. The molecule has 2 aromatic rings. The highest BCUT2D eigenvalue weighted by molar-refractivity contribution is 5.82. The van der Waals surface area contributed by atoms with Crippen molar-refractivity contribution in [1.29, 1.82) is 0 Å². The van der Waals surface area contributed by atoms with Gasteiger partial charge in [-0.15, -0.1) is 0 Å². The Balaban J connectivity index is 1.84. The molecule has 0 bridgehead atoms. The summed E-state index contributed by atoms with van der Waals surface area (Å²) in [5, 5.41) is 2.71. The summed E-state index contributed by atoms with van der Waals surface area (Å²) in [5.41, 5.74) is 1.47. The predicted octanol–water partition coefficient (Wildman–Crippen LogP) is 4.11. The SMILES string of the molecule is CN(C)CCCCCc1ccc2ccccc2c1. The molecule has 0 aliphatic heterocycles. The minimum Gasteiger partial charge on any atom is -0.309 e. The van der Waals surface area contributed by atoms with Crippen molar-refractivity contribution < 1.29 is 0 Å². The van der Waals surface area contributed by atoms with Crippen LogP contribution in [-0.2, 0) is 6.42 Å². The first-order valence-corrected chi connectivity index (χ1v) is 6.88. The maximum atomic E-state index is 2.33. The molecule has 0 N–H and O–H groups in total. The molecule has 0 unspecified atom stereocenters. The number of unbranched alkanes of at least 4 members (excludes halogenated alkanes) is 2. The van der Waals surface area contributed by atoms with Crippen LogP contribution in [0.25, 0.3) is 10.8 Å². The maximum Gasteiger partial charge on any atom is -0.00248 e. The Morgan fingerprint density at radius 3 is 2.39 bits per heavy atom. The molecule has 0 aromatic heterocycles. The highest BCUT2D eigenvalue weighted by Gasteiger charge is 1.97. The van der Waals surface area contributed by atoms with Gasteiger partial charge in [-0.2, -0.15) is 0 Å². The molecular weight excluding hydrogens is 218 g/mol. The molecule has 0 heterocycles. The van der Waals surface area contributed by atoms with Crippen molar-refractivity contribution in [3.05, 3.63) is 48.0 Å². The monoisotopic (exact) mass is 241 g/mol. The van der Waals surface area contributed by atoms with Crippen LogP contribution in [0.5, 0.6) is 0 Å². The van der Waals surface area contributed by atoms with Crippen molar-refractivity contribution in [2.45, 2.75) is 25.7 Å². The molecule has 0 spiro atoms. The number of nitrogens with zero attached hydrogens (tertiary/aromatic N) is 1. The Bertz CT molecular complexity index is 488. The number of rotatable bonds is 6. The van der Waals surface area contributed by atoms with Gasteiger partial charge in [0.05, 0.1) is 0 Å². The Kier molecular flexibility index (Phi) is 4.77. The first-order chi connectivity index (χ1) is 8.75. The predicted molar refractivity (Wildman–Crippen MR) is 80.1 cm³/mol. The minimum atomic E-state index is 1.21. The molecule has 0 saturated carbocycles. The van der Waals surface area contributed by atoms with Gasteiger partial charge in [0, 0.05) is 0 Å². The third-order valence-corrected chi connectivity index (χ3v) is 3.38. The van der Waals surface area contributed by atoms with Crippen LogP contribution in [-0.4, -0.2) is 25.5 Å². The molecule has 18 heavy (non-hydrogen) atoms. The van der Waals surface area contributed by atoms with Crippen LogP contribution in [0.1, 0.15) is 24.8 Å². The quantitative estimate of drug-likeness (QED) is 0.688. The third kappa shape index (κ3) is 3.85. The van der Waals surface area contributed by atoms with Gasteiger partial charge in [-0.3, -0.25) is 0 Å². The summed E-state index contributed by atoms with van der Waals surface area (Å²) in [6, 6.07) is 15.4. The van der Waals surface area contributed by atoms with Crippen molar-refractivity contribution in [3.63, 3.8) is 0 Å². The van der Waals surface area contributed by atoms with Crippen LogP contribution >= 0.6 is 0 Å². The Morgan fingerprint density at radius 2 is 1.61 bits per heavy atom. The summed E-state index contributed by atoms with van der Waals surface area (Å²) >= 11 is 0. The second-order valence-electron chi connectivity index (χ2n) is 5.30. The topological polar surface area (TPSA) is 3.24 Å². The van der Waals surface area contributed by atoms with Gasteiger partial charge in [0.15, 0.2) is 0 Å². The van der Waals surface area contributed by atoms with Crippen LogP contribution in [0.4, 0.5) is 0 Å². The largest absolute Gasteiger partial charge is 0.309 e. The van der Waals surface area contributed by atoms with E-state index in [0.717, 1.165) is 0 Å². The molecule has 2 rings (SSSR count). The van der Waals surface area contributed by atoms with Crippen LogP contribution in [0.2, 0.25) is 0 Å². The highest BCUT2D eigenvalue weighted by Crippen LogP contribution is 2.17. The van der Waals surface area contributed by atoms with Gasteiger partial charge >= 0.3 is 0 Å². The summed E-state index contributed by atoms with van der Waals surface area (Å²) in [6.07, 6.45) is 5.13. The lowest BCUT2D eigenvalue weighted by atomic mass is 10.0. The van der Waals surface area contributed by atoms with Crippen LogP contribution in [0, 0.1) is 0 Å². The molecule has 1 nitrogen and oxygen atoms in total. The molecule has 0 aliphatic rings. The van der Waals surface area contributed by atoms with Crippen molar-refractivity contribution in [2.75, 3.05) is 20.6 Å². The lowest BCUT2D eigenvalue weighted by Gasteiger charge is -2.08. The van der Waals surface area contributed by atoms with Gasteiger partial charge < -0.3 is 4.90 Å². The van der Waals surface area contributed by atoms with Gasteiger partial charge in [-0.05, 0) is 56.2 Å². The zero-order valence-electron chi connectivity index (χ0n) is 11.5. The van der Waals surface area contributed by atoms with E-state index in [0.29, 0.717) is 0 Å². The summed E-state index contributed by atoms with van der Waals surface area (Å²) in [6.45, 7) is 1.21. The standard InChI is InChI=1S/C17H23N/c1-18(2)13-7-3-4-8-15-11-12-16-9-5-6-10-17(16)14-15/h5-6,9-12,14H,3-4,7-8,13H2,1-2H3. The van der Waals surface area contributed by atoms with Gasteiger partial charge in [0.25, 0.3) is 0 Å². The first-order valence-electron chi connectivity index (χ1n) is 6.88. The van der Waals surface area contributed by atoms with E-state index in [1.807, 2.05) is 0 Å². The Labute approximate surface area is 110 Å². The molecule has 0 atom stereocenters. The van der Waals surface area contributed by atoms with Crippen molar-refractivity contribution >= 4 is 10.8 Å². The second-order valence-corrected chi connectivity index (χ2v) is 5.30. The lowest BCUT2D eigenvalue weighted by molar-refractivity contribution is 0.391. The van der Waals surface area contributed by atoms with Crippen molar-refractivity contribution in [2.24, 2.45) is 0 Å². The number of aryl methyl sites for hydroxylation is 1. The minimum absolute atomic E-state index is 1.21. The van der Waals surface area contributed by atoms with E-state index in [1.54, 1.807) is 0 Å². The fourth-order valence-corrected chi connectivity index (χ4v) is 2.33. The molecule has 0 saturated heterocycles. The third-order valence-electron chi connectivity index (χ3n) is 3.38. The zero-order valence-corrected chi connectivity index (χ0v) is 11.5. The van der Waals surface area contributed by atoms with Gasteiger partial charge in [0.1, 0.15) is 0 Å². The molecule has 0 aliphatic carbocycles. The van der Waals surface area contributed by atoms with Crippen LogP contribution in [0.3, 0.4) is 0 Å². The molecular formula is C17H23N. The summed E-state index contributed by atoms with van der Waals surface area (Å²) < 4.78 is 0. The van der Waals surface area contributed by atoms with Crippen molar-refractivity contribution in [3.8, 4) is 0 Å². The maximum absolute atomic E-state index is 2.33. The Hall–Kier alpha value is -1.34. The summed E-state index contributed by atoms with van der Waals surface area (Å²) in [4.78, 5) is 2.26. The average Bonchev–Trinajstić information content (AvgIpc) is 2.38. The van der Waals surface area contributed by atoms with Crippen LogP contribution in [0.15, 0.2) is 42.5 Å². The van der Waals surface area contributed by atoms with Crippen LogP contribution < -0.4 is 0 Å². The van der Waals surface area contributed by atoms with E-state index in [1.165, 1.54) is 48.6 Å². The fourth-order valence-electron chi connectivity index (χ4n) is 2.33. The number of hydrogen-bond acceptors (Lipinski definition) is 1. The first kappa shape index (κ1) is 13.1. The normalized spacial score (nSPS) is 11.3. The van der Waals surface area contributed by atoms with Gasteiger partial charge in [-0.25, -0.2) is 0 Å². The zero-order chi connectivity index (χ0) is 12.8. The lowest BCUT2D eigenvalue weighted by Crippen LogP contribution is -2.12. The van der Waals surface area contributed by atoms with E-state index in [-0.39, 0.29) is 0 Å². The smallest absolute Gasteiger partial charge is 0.00248 e. The molecule has 0 fully saturated rings. The molecule has 0 radical (unpaired) electrons. The molecule has 2 aromatic carbocycles. The summed E-state index contributed by atoms with van der Waals surface area (Å²) in [5.74, 6) is 0. The van der Waals surface area contributed by atoms with E-state index < -0.39 is 0 Å². The number of hydrogen-bond donors (Lipinski definition) is 0. The van der Waals surface area contributed by atoms with E-state index >= 15 is 0 Å².